The molecule has 0 spiro atoms. The lowest BCUT2D eigenvalue weighted by Gasteiger charge is -2.09. The van der Waals surface area contributed by atoms with Crippen molar-refractivity contribution < 1.29 is 4.79 Å². The van der Waals surface area contributed by atoms with Crippen LogP contribution >= 0.6 is 31.9 Å². The van der Waals surface area contributed by atoms with Gasteiger partial charge in [0.1, 0.15) is 5.69 Å². The van der Waals surface area contributed by atoms with Gasteiger partial charge in [-0.3, -0.25) is 9.78 Å². The van der Waals surface area contributed by atoms with Gasteiger partial charge in [0.05, 0.1) is 11.0 Å². The molecule has 2 heterocycles. The summed E-state index contributed by atoms with van der Waals surface area (Å²) in [7, 11) is 0. The molecule has 0 N–H and O–H groups in total. The van der Waals surface area contributed by atoms with E-state index >= 15 is 0 Å². The molecule has 0 aliphatic rings. The van der Waals surface area contributed by atoms with Gasteiger partial charge in [0, 0.05) is 37.2 Å². The van der Waals surface area contributed by atoms with Crippen molar-refractivity contribution in [1.29, 1.82) is 0 Å². The van der Waals surface area contributed by atoms with Crippen LogP contribution in [0.15, 0.2) is 94.0 Å². The zero-order chi connectivity index (χ0) is 20.0. The van der Waals surface area contributed by atoms with E-state index in [-0.39, 0.29) is 5.78 Å². The van der Waals surface area contributed by atoms with Crippen molar-refractivity contribution in [3.63, 3.8) is 0 Å². The van der Waals surface area contributed by atoms with E-state index in [0.717, 1.165) is 25.7 Å². The van der Waals surface area contributed by atoms with Gasteiger partial charge in [0.25, 0.3) is 0 Å². The second-order valence-electron chi connectivity index (χ2n) is 6.75. The summed E-state index contributed by atoms with van der Waals surface area (Å²) in [6, 6.07) is 25.7. The SMILES string of the molecule is O=C(c1ccc(-n2c3ccc(Br)cc3c3cc(Br)ccc32)cc1)c1ccccn1. The van der Waals surface area contributed by atoms with Crippen LogP contribution in [-0.4, -0.2) is 15.3 Å². The Bertz CT molecular complexity index is 1310. The van der Waals surface area contributed by atoms with Gasteiger partial charge >= 0.3 is 0 Å². The van der Waals surface area contributed by atoms with Crippen LogP contribution in [0, 0.1) is 0 Å². The van der Waals surface area contributed by atoms with Crippen LogP contribution < -0.4 is 0 Å². The number of hydrogen-bond donors (Lipinski definition) is 0. The Morgan fingerprint density at radius 3 is 1.93 bits per heavy atom. The Hall–Kier alpha value is -2.76. The van der Waals surface area contributed by atoms with Gasteiger partial charge < -0.3 is 4.57 Å². The quantitative estimate of drug-likeness (QED) is 0.249. The number of carbonyl (C=O) groups excluding carboxylic acids is 1. The molecular weight excluding hydrogens is 492 g/mol. The fraction of sp³-hybridized carbons (Fsp3) is 0. The van der Waals surface area contributed by atoms with Crippen LogP contribution in [-0.2, 0) is 0 Å². The number of rotatable bonds is 3. The molecule has 0 saturated heterocycles. The highest BCUT2D eigenvalue weighted by atomic mass is 79.9. The lowest BCUT2D eigenvalue weighted by Crippen LogP contribution is -2.04. The summed E-state index contributed by atoms with van der Waals surface area (Å²) in [4.78, 5) is 16.8. The Kier molecular flexibility index (Phi) is 4.57. The van der Waals surface area contributed by atoms with Gasteiger partial charge in [-0.2, -0.15) is 0 Å². The van der Waals surface area contributed by atoms with Gasteiger partial charge in [0.2, 0.25) is 5.78 Å². The first-order valence-corrected chi connectivity index (χ1v) is 10.7. The highest BCUT2D eigenvalue weighted by Crippen LogP contribution is 2.35. The predicted octanol–water partition coefficient (Wildman–Crippen LogP) is 6.93. The lowest BCUT2D eigenvalue weighted by atomic mass is 10.1. The van der Waals surface area contributed by atoms with Crippen LogP contribution in [0.25, 0.3) is 27.5 Å². The van der Waals surface area contributed by atoms with Crippen LogP contribution in [0.4, 0.5) is 0 Å². The number of carbonyl (C=O) groups is 1. The van der Waals surface area contributed by atoms with E-state index in [0.29, 0.717) is 11.3 Å². The molecule has 29 heavy (non-hydrogen) atoms. The molecule has 0 atom stereocenters. The molecule has 0 amide bonds. The third-order valence-corrected chi connectivity index (χ3v) is 5.96. The minimum Gasteiger partial charge on any atom is -0.309 e. The van der Waals surface area contributed by atoms with Gasteiger partial charge in [-0.25, -0.2) is 0 Å². The lowest BCUT2D eigenvalue weighted by molar-refractivity contribution is 0.103. The van der Waals surface area contributed by atoms with Crippen molar-refractivity contribution in [3.8, 4) is 5.69 Å². The highest BCUT2D eigenvalue weighted by Gasteiger charge is 2.14. The van der Waals surface area contributed by atoms with E-state index in [4.69, 9.17) is 0 Å². The summed E-state index contributed by atoms with van der Waals surface area (Å²) in [6.45, 7) is 0. The van der Waals surface area contributed by atoms with Crippen molar-refractivity contribution in [3.05, 3.63) is 105 Å². The van der Waals surface area contributed by atoms with E-state index in [1.807, 2.05) is 42.5 Å². The summed E-state index contributed by atoms with van der Waals surface area (Å²) in [5, 5.41) is 2.34. The standard InChI is InChI=1S/C24H14Br2N2O/c25-16-6-10-22-19(13-16)20-14-17(26)7-11-23(20)28(22)18-8-4-15(5-9-18)24(29)21-3-1-2-12-27-21/h1-14H. The number of benzene rings is 3. The second kappa shape index (κ2) is 7.25. The van der Waals surface area contributed by atoms with E-state index < -0.39 is 0 Å². The average Bonchev–Trinajstić information content (AvgIpc) is 3.07. The zero-order valence-electron chi connectivity index (χ0n) is 15.1. The molecule has 0 bridgehead atoms. The normalized spacial score (nSPS) is 11.2. The van der Waals surface area contributed by atoms with E-state index in [9.17, 15) is 4.79 Å². The number of halogens is 2. The summed E-state index contributed by atoms with van der Waals surface area (Å²) in [5.74, 6) is -0.0766. The second-order valence-corrected chi connectivity index (χ2v) is 8.58. The Morgan fingerprint density at radius 2 is 1.38 bits per heavy atom. The number of aromatic nitrogens is 2. The Morgan fingerprint density at radius 1 is 0.759 bits per heavy atom. The zero-order valence-corrected chi connectivity index (χ0v) is 18.3. The molecule has 0 aliphatic heterocycles. The maximum Gasteiger partial charge on any atom is 0.211 e. The van der Waals surface area contributed by atoms with Crippen LogP contribution in [0.5, 0.6) is 0 Å². The molecule has 3 nitrogen and oxygen atoms in total. The van der Waals surface area contributed by atoms with Gasteiger partial charge in [-0.05, 0) is 72.8 Å². The van der Waals surface area contributed by atoms with Crippen molar-refractivity contribution >= 4 is 59.4 Å². The first kappa shape index (κ1) is 18.3. The molecular formula is C24H14Br2N2O. The summed E-state index contributed by atoms with van der Waals surface area (Å²) in [5.41, 5.74) is 4.31. The fourth-order valence-electron chi connectivity index (χ4n) is 3.65. The molecule has 3 aromatic carbocycles. The Labute approximate surface area is 184 Å². The van der Waals surface area contributed by atoms with Crippen molar-refractivity contribution in [2.24, 2.45) is 0 Å². The van der Waals surface area contributed by atoms with E-state index in [1.165, 1.54) is 10.8 Å². The predicted molar refractivity (Wildman–Crippen MR) is 124 cm³/mol. The number of fused-ring (bicyclic) bond motifs is 3. The molecule has 0 fully saturated rings. The number of pyridine rings is 1. The molecule has 140 valence electrons. The topological polar surface area (TPSA) is 34.9 Å². The highest BCUT2D eigenvalue weighted by molar-refractivity contribution is 9.10. The third-order valence-electron chi connectivity index (χ3n) is 4.97. The molecule has 0 aliphatic carbocycles. The van der Waals surface area contributed by atoms with Crippen molar-refractivity contribution in [2.75, 3.05) is 0 Å². The van der Waals surface area contributed by atoms with Crippen LogP contribution in [0.3, 0.4) is 0 Å². The minimum absolute atomic E-state index is 0.0766. The number of hydrogen-bond acceptors (Lipinski definition) is 2. The molecule has 0 saturated carbocycles. The minimum atomic E-state index is -0.0766. The van der Waals surface area contributed by atoms with Gasteiger partial charge in [0.15, 0.2) is 0 Å². The molecule has 2 aromatic heterocycles. The summed E-state index contributed by atoms with van der Waals surface area (Å²) < 4.78 is 4.30. The van der Waals surface area contributed by atoms with Crippen molar-refractivity contribution in [2.45, 2.75) is 0 Å². The first-order valence-electron chi connectivity index (χ1n) is 9.07. The molecule has 5 rings (SSSR count). The number of ketones is 1. The van der Waals surface area contributed by atoms with Gasteiger partial charge in [-0.1, -0.05) is 37.9 Å². The Balaban J connectivity index is 1.67. The fourth-order valence-corrected chi connectivity index (χ4v) is 4.37. The smallest absolute Gasteiger partial charge is 0.211 e. The maximum atomic E-state index is 12.7. The average molecular weight is 506 g/mol. The molecule has 0 unspecified atom stereocenters. The summed E-state index contributed by atoms with van der Waals surface area (Å²) >= 11 is 7.17. The largest absolute Gasteiger partial charge is 0.309 e. The number of nitrogens with zero attached hydrogens (tertiary/aromatic N) is 2. The molecule has 5 heteroatoms. The molecule has 0 radical (unpaired) electrons. The van der Waals surface area contributed by atoms with Gasteiger partial charge in [-0.15, -0.1) is 0 Å². The van der Waals surface area contributed by atoms with Crippen LogP contribution in [0.1, 0.15) is 16.1 Å². The van der Waals surface area contributed by atoms with E-state index in [1.54, 1.807) is 18.3 Å². The monoisotopic (exact) mass is 504 g/mol. The first-order chi connectivity index (χ1) is 14.1. The van der Waals surface area contributed by atoms with E-state index in [2.05, 4.69) is 65.7 Å². The molecule has 5 aromatic rings. The third kappa shape index (κ3) is 3.20. The van der Waals surface area contributed by atoms with Crippen LogP contribution in [0.2, 0.25) is 0 Å². The maximum absolute atomic E-state index is 12.7. The summed E-state index contributed by atoms with van der Waals surface area (Å²) in [6.07, 6.45) is 1.63. The van der Waals surface area contributed by atoms with Crippen molar-refractivity contribution in [1.82, 2.24) is 9.55 Å².